The molecule has 0 aromatic carbocycles. The number of thiophene rings is 1. The van der Waals surface area contributed by atoms with Crippen molar-refractivity contribution in [2.45, 2.75) is 12.7 Å². The molecule has 0 radical (unpaired) electrons. The highest BCUT2D eigenvalue weighted by Crippen LogP contribution is 2.37. The lowest BCUT2D eigenvalue weighted by molar-refractivity contribution is -0.140. The van der Waals surface area contributed by atoms with Gasteiger partial charge in [0.2, 0.25) is 0 Å². The van der Waals surface area contributed by atoms with Crippen molar-refractivity contribution < 1.29 is 18.0 Å². The number of halogens is 5. The van der Waals surface area contributed by atoms with Crippen LogP contribution in [0.5, 0.6) is 0 Å². The van der Waals surface area contributed by atoms with Crippen LogP contribution in [0.3, 0.4) is 0 Å². The second kappa shape index (κ2) is 6.43. The molecule has 0 unspecified atom stereocenters. The van der Waals surface area contributed by atoms with E-state index in [0.717, 1.165) is 16.0 Å². The summed E-state index contributed by atoms with van der Waals surface area (Å²) in [6, 6.07) is 1.21. The smallest absolute Gasteiger partial charge is 0.335 e. The van der Waals surface area contributed by atoms with E-state index in [9.17, 15) is 18.0 Å². The van der Waals surface area contributed by atoms with Gasteiger partial charge in [0.25, 0.3) is 5.91 Å². The van der Waals surface area contributed by atoms with Crippen LogP contribution in [0.1, 0.15) is 21.1 Å². The first-order chi connectivity index (χ1) is 12.0. The Bertz CT molecular complexity index is 1010. The number of aryl methyl sites for hydroxylation is 2. The zero-order chi connectivity index (χ0) is 19.4. The van der Waals surface area contributed by atoms with Crippen LogP contribution >= 0.6 is 34.5 Å². The van der Waals surface area contributed by atoms with Gasteiger partial charge in [-0.1, -0.05) is 23.2 Å². The maximum absolute atomic E-state index is 13.1. The first-order valence-electron chi connectivity index (χ1n) is 7.16. The predicted octanol–water partition coefficient (Wildman–Crippen LogP) is 3.97. The molecule has 3 rings (SSSR count). The molecular formula is C14H12Cl2F3N5OS. The van der Waals surface area contributed by atoms with E-state index in [1.54, 1.807) is 7.05 Å². The normalized spacial score (nSPS) is 12.2. The fourth-order valence-corrected chi connectivity index (χ4v) is 3.90. The highest BCUT2D eigenvalue weighted by Gasteiger charge is 2.37. The number of alkyl halides is 3. The van der Waals surface area contributed by atoms with Gasteiger partial charge in [0, 0.05) is 26.5 Å². The van der Waals surface area contributed by atoms with Gasteiger partial charge in [0.1, 0.15) is 20.7 Å². The molecular weight excluding hydrogens is 414 g/mol. The molecule has 6 nitrogen and oxygen atoms in total. The van der Waals surface area contributed by atoms with Gasteiger partial charge in [0.05, 0.1) is 11.4 Å². The number of hydrogen-bond donors (Lipinski definition) is 0. The first-order valence-corrected chi connectivity index (χ1v) is 8.74. The Balaban J connectivity index is 1.91. The topological polar surface area (TPSA) is 56.0 Å². The molecule has 0 spiro atoms. The Hall–Kier alpha value is -1.78. The maximum atomic E-state index is 13.1. The molecule has 140 valence electrons. The van der Waals surface area contributed by atoms with Gasteiger partial charge in [-0.05, 0) is 6.07 Å². The van der Waals surface area contributed by atoms with Crippen molar-refractivity contribution in [1.82, 2.24) is 24.5 Å². The van der Waals surface area contributed by atoms with Crippen molar-refractivity contribution >= 4 is 50.7 Å². The minimum absolute atomic E-state index is 0.0663. The molecule has 0 aliphatic heterocycles. The van der Waals surface area contributed by atoms with Gasteiger partial charge in [0.15, 0.2) is 5.69 Å². The maximum Gasteiger partial charge on any atom is 0.435 e. The van der Waals surface area contributed by atoms with Crippen molar-refractivity contribution in [1.29, 1.82) is 0 Å². The van der Waals surface area contributed by atoms with Crippen molar-refractivity contribution in [3.8, 4) is 0 Å². The summed E-state index contributed by atoms with van der Waals surface area (Å²) in [6.45, 7) is 0.0663. The summed E-state index contributed by atoms with van der Waals surface area (Å²) in [6.07, 6.45) is -4.59. The Kier molecular flexibility index (Phi) is 4.70. The van der Waals surface area contributed by atoms with E-state index in [-0.39, 0.29) is 31.8 Å². The van der Waals surface area contributed by atoms with Gasteiger partial charge in [-0.2, -0.15) is 23.4 Å². The second-order valence-corrected chi connectivity index (χ2v) is 7.40. The number of fused-ring (bicyclic) bond motifs is 1. The summed E-state index contributed by atoms with van der Waals surface area (Å²) in [5.41, 5.74) is -0.610. The molecule has 0 fully saturated rings. The van der Waals surface area contributed by atoms with E-state index in [0.29, 0.717) is 5.69 Å². The summed E-state index contributed by atoms with van der Waals surface area (Å²) in [5, 5.41) is 7.98. The number of hydrogen-bond acceptors (Lipinski definition) is 4. The summed E-state index contributed by atoms with van der Waals surface area (Å²) >= 11 is 13.0. The number of rotatable bonds is 3. The fraction of sp³-hybridized carbons (Fsp3) is 0.357. The number of carbonyl (C=O) groups excluding carboxylic acids is 1. The molecule has 0 N–H and O–H groups in total. The number of aromatic nitrogens is 4. The standard InChI is InChI=1S/C14H12Cl2F3N5OS/c1-22(5-7-9(15)11(16)23(2)20-7)12(25)8-4-6-10(14(17,18)19)21-24(3)13(6)26-8/h4H,5H2,1-3H3. The van der Waals surface area contributed by atoms with E-state index >= 15 is 0 Å². The molecule has 3 heterocycles. The highest BCUT2D eigenvalue weighted by atomic mass is 35.5. The van der Waals surface area contributed by atoms with Crippen LogP contribution in [0.25, 0.3) is 10.2 Å². The third kappa shape index (κ3) is 3.17. The number of amides is 1. The fourth-order valence-electron chi connectivity index (χ4n) is 2.47. The average Bonchev–Trinajstić information content (AvgIpc) is 3.17. The zero-order valence-corrected chi connectivity index (χ0v) is 16.1. The van der Waals surface area contributed by atoms with Crippen LogP contribution in [0.2, 0.25) is 10.2 Å². The van der Waals surface area contributed by atoms with Crippen LogP contribution in [-0.2, 0) is 26.8 Å². The van der Waals surface area contributed by atoms with Gasteiger partial charge in [-0.15, -0.1) is 11.3 Å². The molecule has 1 amide bonds. The lowest BCUT2D eigenvalue weighted by atomic mass is 10.2. The summed E-state index contributed by atoms with van der Waals surface area (Å²) < 4.78 is 41.7. The lowest BCUT2D eigenvalue weighted by Gasteiger charge is -2.14. The van der Waals surface area contributed by atoms with Crippen LogP contribution < -0.4 is 0 Å². The third-order valence-corrected chi connectivity index (χ3v) is 5.83. The van der Waals surface area contributed by atoms with E-state index < -0.39 is 17.8 Å². The first kappa shape index (κ1) is 19.0. The second-order valence-electron chi connectivity index (χ2n) is 5.64. The quantitative estimate of drug-likeness (QED) is 0.637. The van der Waals surface area contributed by atoms with Crippen LogP contribution in [-0.4, -0.2) is 37.4 Å². The summed E-state index contributed by atoms with van der Waals surface area (Å²) in [4.78, 5) is 14.4. The molecule has 0 aliphatic carbocycles. The molecule has 3 aromatic heterocycles. The minimum atomic E-state index is -4.59. The molecule has 0 aliphatic rings. The average molecular weight is 426 g/mol. The van der Waals surface area contributed by atoms with Crippen LogP contribution in [0, 0.1) is 0 Å². The Morgan fingerprint density at radius 2 is 1.92 bits per heavy atom. The predicted molar refractivity (Wildman–Crippen MR) is 92.6 cm³/mol. The van der Waals surface area contributed by atoms with Crippen molar-refractivity contribution in [2.24, 2.45) is 14.1 Å². The van der Waals surface area contributed by atoms with Gasteiger partial charge in [-0.25, -0.2) is 0 Å². The number of nitrogens with zero attached hydrogens (tertiary/aromatic N) is 5. The molecule has 0 saturated heterocycles. The molecule has 0 saturated carbocycles. The van der Waals surface area contributed by atoms with E-state index in [2.05, 4.69) is 10.2 Å². The number of carbonyl (C=O) groups is 1. The van der Waals surface area contributed by atoms with Crippen molar-refractivity contribution in [3.05, 3.63) is 32.5 Å². The minimum Gasteiger partial charge on any atom is -0.335 e. The van der Waals surface area contributed by atoms with Crippen molar-refractivity contribution in [2.75, 3.05) is 7.05 Å². The van der Waals surface area contributed by atoms with E-state index in [4.69, 9.17) is 23.2 Å². The zero-order valence-electron chi connectivity index (χ0n) is 13.7. The Morgan fingerprint density at radius 1 is 1.27 bits per heavy atom. The van der Waals surface area contributed by atoms with Gasteiger partial charge >= 0.3 is 6.18 Å². The van der Waals surface area contributed by atoms with Crippen molar-refractivity contribution in [3.63, 3.8) is 0 Å². The van der Waals surface area contributed by atoms with Crippen LogP contribution in [0.4, 0.5) is 13.2 Å². The largest absolute Gasteiger partial charge is 0.435 e. The Morgan fingerprint density at radius 3 is 2.46 bits per heavy atom. The molecule has 26 heavy (non-hydrogen) atoms. The van der Waals surface area contributed by atoms with Gasteiger partial charge in [-0.3, -0.25) is 14.2 Å². The van der Waals surface area contributed by atoms with E-state index in [1.165, 1.54) is 29.7 Å². The summed E-state index contributed by atoms with van der Waals surface area (Å²) in [5.74, 6) is -0.447. The molecule has 12 heteroatoms. The van der Waals surface area contributed by atoms with E-state index in [1.807, 2.05) is 0 Å². The highest BCUT2D eigenvalue weighted by molar-refractivity contribution is 7.20. The molecule has 3 aromatic rings. The third-order valence-electron chi connectivity index (χ3n) is 3.71. The lowest BCUT2D eigenvalue weighted by Crippen LogP contribution is -2.25. The van der Waals surface area contributed by atoms with Crippen LogP contribution in [0.15, 0.2) is 6.07 Å². The molecule has 0 atom stereocenters. The van der Waals surface area contributed by atoms with Gasteiger partial charge < -0.3 is 4.90 Å². The Labute approximate surface area is 159 Å². The summed E-state index contributed by atoms with van der Waals surface area (Å²) in [7, 11) is 4.52. The molecule has 0 bridgehead atoms. The SMILES string of the molecule is CN(Cc1nn(C)c(Cl)c1Cl)C(=O)c1cc2c(C(F)(F)F)nn(C)c2s1. The monoisotopic (exact) mass is 425 g/mol.